The molecule has 31 heavy (non-hydrogen) atoms. The first-order valence-corrected chi connectivity index (χ1v) is 11.7. The van der Waals surface area contributed by atoms with Crippen molar-refractivity contribution in [3.63, 3.8) is 0 Å². The number of carbonyl (C=O) groups is 1. The smallest absolute Gasteiger partial charge is 0.248 e. The van der Waals surface area contributed by atoms with E-state index < -0.39 is 10.0 Å². The molecule has 8 heteroatoms. The Morgan fingerprint density at radius 3 is 2.52 bits per heavy atom. The van der Waals surface area contributed by atoms with E-state index in [1.807, 2.05) is 48.5 Å². The number of hydrogen-bond acceptors (Lipinski definition) is 5. The Kier molecular flexibility index (Phi) is 5.94. The zero-order valence-electron chi connectivity index (χ0n) is 16.6. The molecule has 0 aliphatic heterocycles. The second-order valence-electron chi connectivity index (χ2n) is 6.67. The lowest BCUT2D eigenvalue weighted by Crippen LogP contribution is -2.18. The Labute approximate surface area is 184 Å². The maximum absolute atomic E-state index is 12.3. The highest BCUT2D eigenvalue weighted by molar-refractivity contribution is 7.89. The molecule has 0 unspecified atom stereocenters. The van der Waals surface area contributed by atoms with E-state index in [0.717, 1.165) is 20.8 Å². The van der Waals surface area contributed by atoms with Crippen LogP contribution in [-0.2, 0) is 14.8 Å². The summed E-state index contributed by atoms with van der Waals surface area (Å²) < 4.78 is 26.9. The molecule has 0 spiro atoms. The maximum atomic E-state index is 12.3. The second-order valence-corrected chi connectivity index (χ2v) is 9.58. The number of fused-ring (bicyclic) bond motifs is 1. The highest BCUT2D eigenvalue weighted by atomic mass is 32.2. The number of rotatable bonds is 6. The van der Waals surface area contributed by atoms with E-state index in [-0.39, 0.29) is 10.8 Å². The number of aromatic nitrogens is 1. The summed E-state index contributed by atoms with van der Waals surface area (Å²) in [6.45, 7) is 0. The lowest BCUT2D eigenvalue weighted by Gasteiger charge is -2.04. The van der Waals surface area contributed by atoms with Crippen LogP contribution in [0.15, 0.2) is 83.8 Å². The third kappa shape index (κ3) is 4.88. The second kappa shape index (κ2) is 8.81. The normalized spacial score (nSPS) is 11.8. The number of para-hydroxylation sites is 1. The van der Waals surface area contributed by atoms with E-state index in [4.69, 9.17) is 0 Å². The van der Waals surface area contributed by atoms with E-state index >= 15 is 0 Å². The minimum absolute atomic E-state index is 0.170. The number of benzene rings is 3. The van der Waals surface area contributed by atoms with Crippen molar-refractivity contribution in [2.24, 2.45) is 0 Å². The molecule has 156 valence electrons. The van der Waals surface area contributed by atoms with Crippen LogP contribution in [0.2, 0.25) is 0 Å². The van der Waals surface area contributed by atoms with Gasteiger partial charge in [0.2, 0.25) is 15.9 Å². The fraction of sp³-hybridized carbons (Fsp3) is 0.0435. The lowest BCUT2D eigenvalue weighted by atomic mass is 10.2. The van der Waals surface area contributed by atoms with E-state index in [0.29, 0.717) is 11.3 Å². The standard InChI is InChI=1S/C23H19N3O3S2/c1-24-31(28,29)19-12-9-16(10-13-19)11-14-22(27)25-18-6-4-5-17(15-18)23-26-20-7-2-3-8-21(20)30-23/h2-15,24H,1H3,(H,25,27)/b14-11+. The van der Waals surface area contributed by atoms with Gasteiger partial charge in [0.15, 0.2) is 0 Å². The summed E-state index contributed by atoms with van der Waals surface area (Å²) in [4.78, 5) is 17.2. The van der Waals surface area contributed by atoms with Gasteiger partial charge in [-0.05, 0) is 55.1 Å². The summed E-state index contributed by atoms with van der Waals surface area (Å²) >= 11 is 1.60. The summed E-state index contributed by atoms with van der Waals surface area (Å²) in [6.07, 6.45) is 3.04. The van der Waals surface area contributed by atoms with Crippen molar-refractivity contribution in [3.05, 3.63) is 84.4 Å². The molecule has 0 saturated carbocycles. The number of nitrogens with one attached hydrogen (secondary N) is 2. The number of thiazole rings is 1. The average molecular weight is 450 g/mol. The topological polar surface area (TPSA) is 88.2 Å². The monoisotopic (exact) mass is 449 g/mol. The van der Waals surface area contributed by atoms with Gasteiger partial charge in [-0.2, -0.15) is 0 Å². The highest BCUT2D eigenvalue weighted by Gasteiger charge is 2.10. The molecule has 0 aliphatic rings. The Balaban J connectivity index is 1.46. The fourth-order valence-electron chi connectivity index (χ4n) is 2.96. The molecule has 0 radical (unpaired) electrons. The third-order valence-corrected chi connectivity index (χ3v) is 7.07. The molecule has 3 aromatic carbocycles. The van der Waals surface area contributed by atoms with Crippen molar-refractivity contribution in [1.29, 1.82) is 0 Å². The first kappa shape index (κ1) is 20.9. The van der Waals surface area contributed by atoms with Crippen LogP contribution in [0, 0.1) is 0 Å². The van der Waals surface area contributed by atoms with Gasteiger partial charge in [-0.15, -0.1) is 11.3 Å². The van der Waals surface area contributed by atoms with Crippen LogP contribution in [0.3, 0.4) is 0 Å². The van der Waals surface area contributed by atoms with Gasteiger partial charge < -0.3 is 5.32 Å². The van der Waals surface area contributed by atoms with E-state index in [2.05, 4.69) is 15.0 Å². The third-order valence-electron chi connectivity index (χ3n) is 4.56. The maximum Gasteiger partial charge on any atom is 0.248 e. The molecule has 0 bridgehead atoms. The number of sulfonamides is 1. The van der Waals surface area contributed by atoms with Gasteiger partial charge in [0, 0.05) is 17.3 Å². The quantitative estimate of drug-likeness (QED) is 0.424. The van der Waals surface area contributed by atoms with Gasteiger partial charge in [-0.25, -0.2) is 18.1 Å². The highest BCUT2D eigenvalue weighted by Crippen LogP contribution is 2.31. The average Bonchev–Trinajstić information content (AvgIpc) is 3.23. The Hall–Kier alpha value is -3.33. The molecular weight excluding hydrogens is 430 g/mol. The number of hydrogen-bond donors (Lipinski definition) is 2. The van der Waals surface area contributed by atoms with Gasteiger partial charge >= 0.3 is 0 Å². The molecule has 2 N–H and O–H groups in total. The van der Waals surface area contributed by atoms with Crippen LogP contribution >= 0.6 is 11.3 Å². The molecule has 6 nitrogen and oxygen atoms in total. The predicted molar refractivity (Wildman–Crippen MR) is 125 cm³/mol. The van der Waals surface area contributed by atoms with Gasteiger partial charge in [0.25, 0.3) is 0 Å². The molecular formula is C23H19N3O3S2. The number of amides is 1. The van der Waals surface area contributed by atoms with Gasteiger partial charge in [-0.3, -0.25) is 4.79 Å². The summed E-state index contributed by atoms with van der Waals surface area (Å²) in [6, 6.07) is 21.8. The van der Waals surface area contributed by atoms with Gasteiger partial charge in [0.1, 0.15) is 5.01 Å². The van der Waals surface area contributed by atoms with E-state index in [9.17, 15) is 13.2 Å². The number of carbonyl (C=O) groups excluding carboxylic acids is 1. The van der Waals surface area contributed by atoms with Crippen LogP contribution < -0.4 is 10.0 Å². The minimum Gasteiger partial charge on any atom is -0.322 e. The van der Waals surface area contributed by atoms with Crippen molar-refractivity contribution in [2.75, 3.05) is 12.4 Å². The van der Waals surface area contributed by atoms with Gasteiger partial charge in [-0.1, -0.05) is 36.4 Å². The van der Waals surface area contributed by atoms with Crippen molar-refractivity contribution in [2.45, 2.75) is 4.90 Å². The summed E-state index contributed by atoms with van der Waals surface area (Å²) in [7, 11) is -2.12. The van der Waals surface area contributed by atoms with Crippen LogP contribution in [0.1, 0.15) is 5.56 Å². The van der Waals surface area contributed by atoms with Crippen molar-refractivity contribution in [1.82, 2.24) is 9.71 Å². The fourth-order valence-corrected chi connectivity index (χ4v) is 4.65. The van der Waals surface area contributed by atoms with Crippen molar-refractivity contribution >= 4 is 49.2 Å². The lowest BCUT2D eigenvalue weighted by molar-refractivity contribution is -0.111. The van der Waals surface area contributed by atoms with Crippen LogP contribution in [0.25, 0.3) is 26.9 Å². The molecule has 0 saturated heterocycles. The van der Waals surface area contributed by atoms with Crippen LogP contribution in [0.4, 0.5) is 5.69 Å². The van der Waals surface area contributed by atoms with Crippen molar-refractivity contribution in [3.8, 4) is 10.6 Å². The zero-order valence-corrected chi connectivity index (χ0v) is 18.2. The molecule has 1 aromatic heterocycles. The summed E-state index contributed by atoms with van der Waals surface area (Å²) in [5, 5.41) is 3.74. The molecule has 1 amide bonds. The zero-order chi connectivity index (χ0) is 21.8. The van der Waals surface area contributed by atoms with Gasteiger partial charge in [0.05, 0.1) is 15.1 Å². The molecule has 4 rings (SSSR count). The molecule has 1 heterocycles. The van der Waals surface area contributed by atoms with Crippen LogP contribution in [0.5, 0.6) is 0 Å². The number of nitrogens with zero attached hydrogens (tertiary/aromatic N) is 1. The van der Waals surface area contributed by atoms with Crippen LogP contribution in [-0.4, -0.2) is 26.4 Å². The van der Waals surface area contributed by atoms with Crippen molar-refractivity contribution < 1.29 is 13.2 Å². The van der Waals surface area contributed by atoms with E-state index in [1.165, 1.54) is 25.3 Å². The Morgan fingerprint density at radius 1 is 1.00 bits per heavy atom. The largest absolute Gasteiger partial charge is 0.322 e. The predicted octanol–water partition coefficient (Wildman–Crippen LogP) is 4.52. The summed E-state index contributed by atoms with van der Waals surface area (Å²) in [5.41, 5.74) is 3.27. The van der Waals surface area contributed by atoms with E-state index in [1.54, 1.807) is 29.5 Å². The first-order chi connectivity index (χ1) is 14.9. The molecule has 0 aliphatic carbocycles. The minimum atomic E-state index is -3.48. The molecule has 0 fully saturated rings. The Bertz CT molecular complexity index is 1340. The Morgan fingerprint density at radius 2 is 1.77 bits per heavy atom. The SMILES string of the molecule is CNS(=O)(=O)c1ccc(/C=C/C(=O)Nc2cccc(-c3nc4ccccc4s3)c2)cc1. The molecule has 0 atom stereocenters. The number of anilines is 1. The first-order valence-electron chi connectivity index (χ1n) is 9.43. The summed E-state index contributed by atoms with van der Waals surface area (Å²) in [5.74, 6) is -0.284. The molecule has 4 aromatic rings.